The molecule has 0 atom stereocenters. The lowest BCUT2D eigenvalue weighted by atomic mass is 9.94. The lowest BCUT2D eigenvalue weighted by molar-refractivity contribution is 0.0779. The maximum Gasteiger partial charge on any atom is 0.0930 e. The van der Waals surface area contributed by atoms with Crippen LogP contribution in [0.4, 0.5) is 5.69 Å². The number of nitrogens with two attached hydrogens (primary N) is 2. The monoisotopic (exact) mass is 411 g/mol. The molecule has 0 saturated carbocycles. The summed E-state index contributed by atoms with van der Waals surface area (Å²) >= 11 is 1.22. The zero-order chi connectivity index (χ0) is 21.2. The summed E-state index contributed by atoms with van der Waals surface area (Å²) < 4.78 is 0. The third kappa shape index (κ3) is 4.97. The molecule has 0 unspecified atom stereocenters. The summed E-state index contributed by atoms with van der Waals surface area (Å²) in [6, 6.07) is 8.25. The van der Waals surface area contributed by atoms with E-state index in [1.807, 2.05) is 25.1 Å². The Morgan fingerprint density at radius 1 is 1.07 bits per heavy atom. The van der Waals surface area contributed by atoms with Gasteiger partial charge in [0, 0.05) is 10.6 Å². The Morgan fingerprint density at radius 3 is 2.10 bits per heavy atom. The highest BCUT2D eigenvalue weighted by Crippen LogP contribution is 2.38. The van der Waals surface area contributed by atoms with Gasteiger partial charge < -0.3 is 16.2 Å². The van der Waals surface area contributed by atoms with E-state index in [4.69, 9.17) is 10.9 Å². The molecule has 156 valence electrons. The number of aliphatic hydroxyl groups is 1. The third-order valence-electron chi connectivity index (χ3n) is 5.75. The molecule has 2 aromatic carbocycles. The molecule has 0 saturated heterocycles. The Kier molecular flexibility index (Phi) is 6.62. The Morgan fingerprint density at radius 2 is 1.66 bits per heavy atom. The van der Waals surface area contributed by atoms with Gasteiger partial charge in [0.2, 0.25) is 0 Å². The van der Waals surface area contributed by atoms with Crippen LogP contribution < -0.4 is 16.2 Å². The Balaban J connectivity index is 0.000000170. The third-order valence-corrected chi connectivity index (χ3v) is 6.28. The summed E-state index contributed by atoms with van der Waals surface area (Å²) in [6.07, 6.45) is 7.41. The van der Waals surface area contributed by atoms with Gasteiger partial charge in [-0.05, 0) is 117 Å². The van der Waals surface area contributed by atoms with Crippen molar-refractivity contribution in [2.45, 2.75) is 69.8 Å². The van der Waals surface area contributed by atoms with E-state index >= 15 is 0 Å². The molecule has 2 aliphatic rings. The largest absolute Gasteiger partial charge is 0.386 e. The molecule has 0 bridgehead atoms. The summed E-state index contributed by atoms with van der Waals surface area (Å²) in [5.41, 5.74) is 14.3. The molecule has 6 N–H and O–H groups in total. The van der Waals surface area contributed by atoms with Crippen molar-refractivity contribution in [1.29, 1.82) is 0 Å². The number of nitrogens with one attached hydrogen (secondary N) is 1. The lowest BCUT2D eigenvalue weighted by Gasteiger charge is -2.20. The van der Waals surface area contributed by atoms with E-state index in [1.165, 1.54) is 78.4 Å². The number of aryl methyl sites for hydroxylation is 3. The molecular weight excluding hydrogens is 378 g/mol. The number of hydrogen-bond donors (Lipinski definition) is 4. The molecule has 29 heavy (non-hydrogen) atoms. The zero-order valence-corrected chi connectivity index (χ0v) is 18.6. The lowest BCUT2D eigenvalue weighted by Crippen LogP contribution is -2.16. The van der Waals surface area contributed by atoms with Gasteiger partial charge in [-0.1, -0.05) is 18.7 Å². The average molecular weight is 412 g/mol. The molecule has 0 amide bonds. The van der Waals surface area contributed by atoms with E-state index < -0.39 is 5.60 Å². The number of hydrogen-bond acceptors (Lipinski definition) is 5. The second kappa shape index (κ2) is 8.82. The Hall–Kier alpha value is -1.95. The molecule has 0 spiro atoms. The van der Waals surface area contributed by atoms with Gasteiger partial charge in [0.1, 0.15) is 0 Å². The van der Waals surface area contributed by atoms with Crippen molar-refractivity contribution < 1.29 is 5.11 Å². The number of rotatable bonds is 4. The van der Waals surface area contributed by atoms with Crippen molar-refractivity contribution in [1.82, 2.24) is 0 Å². The molecular formula is C24H33N3OS. The maximum absolute atomic E-state index is 9.80. The van der Waals surface area contributed by atoms with E-state index in [9.17, 15) is 5.11 Å². The van der Waals surface area contributed by atoms with Crippen LogP contribution >= 0.6 is 11.9 Å². The molecule has 5 heteroatoms. The molecule has 2 aliphatic carbocycles. The molecule has 0 heterocycles. The summed E-state index contributed by atoms with van der Waals surface area (Å²) in [5, 5.41) is 18.5. The van der Waals surface area contributed by atoms with Crippen molar-refractivity contribution in [2.24, 2.45) is 10.9 Å². The molecule has 2 aromatic rings. The van der Waals surface area contributed by atoms with Gasteiger partial charge in [-0.2, -0.15) is 0 Å². The van der Waals surface area contributed by atoms with Crippen LogP contribution in [0.3, 0.4) is 0 Å². The average Bonchev–Trinajstić information content (AvgIpc) is 3.29. The summed E-state index contributed by atoms with van der Waals surface area (Å²) in [5.74, 6) is 0.564. The summed E-state index contributed by atoms with van der Waals surface area (Å²) in [4.78, 5) is 1.02. The predicted octanol–water partition coefficient (Wildman–Crippen LogP) is 4.69. The van der Waals surface area contributed by atoms with Gasteiger partial charge >= 0.3 is 0 Å². The Bertz CT molecular complexity index is 883. The number of fused-ring (bicyclic) bond motifs is 2. The van der Waals surface area contributed by atoms with Crippen LogP contribution in [0.1, 0.15) is 60.1 Å². The number of benzene rings is 2. The Labute approximate surface area is 178 Å². The van der Waals surface area contributed by atoms with Crippen LogP contribution in [0.2, 0.25) is 0 Å². The van der Waals surface area contributed by atoms with Gasteiger partial charge in [0.05, 0.1) is 11.4 Å². The van der Waals surface area contributed by atoms with Crippen LogP contribution in [0.25, 0.3) is 0 Å². The van der Waals surface area contributed by atoms with Gasteiger partial charge in [0.25, 0.3) is 0 Å². The fourth-order valence-electron chi connectivity index (χ4n) is 4.52. The number of anilines is 1. The van der Waals surface area contributed by atoms with E-state index in [1.54, 1.807) is 13.8 Å². The first-order valence-electron chi connectivity index (χ1n) is 10.3. The highest BCUT2D eigenvalue weighted by molar-refractivity contribution is 7.97. The minimum Gasteiger partial charge on any atom is -0.386 e. The van der Waals surface area contributed by atoms with Crippen molar-refractivity contribution in [3.05, 3.63) is 70.0 Å². The minimum atomic E-state index is -0.776. The van der Waals surface area contributed by atoms with Gasteiger partial charge in [-0.3, -0.25) is 5.14 Å². The van der Waals surface area contributed by atoms with Crippen molar-refractivity contribution in [3.8, 4) is 0 Å². The van der Waals surface area contributed by atoms with E-state index in [0.29, 0.717) is 5.82 Å². The fourth-order valence-corrected chi connectivity index (χ4v) is 4.92. The minimum absolute atomic E-state index is 0.564. The maximum atomic E-state index is 9.80. The summed E-state index contributed by atoms with van der Waals surface area (Å²) in [6.45, 7) is 9.31. The van der Waals surface area contributed by atoms with E-state index in [2.05, 4.69) is 18.0 Å². The molecule has 4 nitrogen and oxygen atoms in total. The van der Waals surface area contributed by atoms with Gasteiger partial charge in [-0.15, -0.1) is 0 Å². The fraction of sp³-hybridized carbons (Fsp3) is 0.417. The van der Waals surface area contributed by atoms with Crippen molar-refractivity contribution in [3.63, 3.8) is 0 Å². The van der Waals surface area contributed by atoms with E-state index in [0.717, 1.165) is 16.0 Å². The molecule has 0 fully saturated rings. The normalized spacial score (nSPS) is 14.7. The van der Waals surface area contributed by atoms with Crippen LogP contribution in [-0.2, 0) is 31.3 Å². The zero-order valence-electron chi connectivity index (χ0n) is 17.8. The van der Waals surface area contributed by atoms with Crippen molar-refractivity contribution >= 4 is 17.6 Å². The highest BCUT2D eigenvalue weighted by atomic mass is 32.2. The van der Waals surface area contributed by atoms with Crippen LogP contribution in [0.5, 0.6) is 0 Å². The first kappa shape index (κ1) is 21.8. The summed E-state index contributed by atoms with van der Waals surface area (Å²) in [7, 11) is 0. The van der Waals surface area contributed by atoms with E-state index in [-0.39, 0.29) is 0 Å². The van der Waals surface area contributed by atoms with Gasteiger partial charge in [-0.25, -0.2) is 0 Å². The van der Waals surface area contributed by atoms with Gasteiger partial charge in [0.15, 0.2) is 0 Å². The first-order valence-corrected chi connectivity index (χ1v) is 11.2. The molecule has 0 aliphatic heterocycles. The topological polar surface area (TPSA) is 84.3 Å². The molecule has 0 aromatic heterocycles. The quantitative estimate of drug-likeness (QED) is 0.548. The SMILES string of the molecule is C=C(N)Nc1c2c(cc3c1CCC3)CCC2.Cc1cc(SN)ccc1C(C)(C)O. The standard InChI is InChI=1S/C14H18N2.C10H15NOS/c1-9(15)16-14-12-6-2-4-10(12)8-11-5-3-7-13(11)14;1-7-6-8(13-11)4-5-9(7)10(2,3)12/h8,16H,1-7,15H2;4-6,12H,11H2,1-3H3. The first-order chi connectivity index (χ1) is 13.7. The molecule has 0 radical (unpaired) electrons. The van der Waals surface area contributed by atoms with Crippen molar-refractivity contribution in [2.75, 3.05) is 5.32 Å². The van der Waals surface area contributed by atoms with Crippen LogP contribution in [-0.4, -0.2) is 5.11 Å². The molecule has 4 rings (SSSR count). The smallest absolute Gasteiger partial charge is 0.0930 e. The predicted molar refractivity (Wildman–Crippen MR) is 124 cm³/mol. The second-order valence-electron chi connectivity index (χ2n) is 8.54. The highest BCUT2D eigenvalue weighted by Gasteiger charge is 2.23. The van der Waals surface area contributed by atoms with Crippen LogP contribution in [0.15, 0.2) is 41.6 Å². The van der Waals surface area contributed by atoms with Crippen LogP contribution in [0, 0.1) is 6.92 Å². The second-order valence-corrected chi connectivity index (χ2v) is 9.24.